The van der Waals surface area contributed by atoms with Gasteiger partial charge in [0.2, 0.25) is 5.91 Å². The number of methoxy groups -OCH3 is 1. The van der Waals surface area contributed by atoms with Crippen LogP contribution in [0.25, 0.3) is 0 Å². The molecule has 2 aromatic carbocycles. The second-order valence-electron chi connectivity index (χ2n) is 12.3. The summed E-state index contributed by atoms with van der Waals surface area (Å²) in [6.07, 6.45) is 6.69. The SMILES string of the molecule is COc1ccc(CN2CCCC(C(NC(=O)C3CCC(C)CC3)c3ccc(C(C)(C)C)cc3)C2)cc1. The van der Waals surface area contributed by atoms with Crippen LogP contribution in [0.1, 0.15) is 89.0 Å². The van der Waals surface area contributed by atoms with Gasteiger partial charge in [-0.25, -0.2) is 0 Å². The molecule has 1 saturated carbocycles. The molecule has 1 aliphatic heterocycles. The van der Waals surface area contributed by atoms with Crippen LogP contribution in [0.2, 0.25) is 0 Å². The Hall–Kier alpha value is -2.33. The highest BCUT2D eigenvalue weighted by Gasteiger charge is 2.32. The van der Waals surface area contributed by atoms with Crippen molar-refractivity contribution in [2.75, 3.05) is 20.2 Å². The Balaban J connectivity index is 1.51. The number of rotatable bonds is 7. The van der Waals surface area contributed by atoms with Crippen LogP contribution in [0, 0.1) is 17.8 Å². The summed E-state index contributed by atoms with van der Waals surface area (Å²) in [5.41, 5.74) is 4.01. The Morgan fingerprint density at radius 2 is 1.67 bits per heavy atom. The first kappa shape index (κ1) is 26.7. The number of nitrogens with one attached hydrogen (secondary N) is 1. The van der Waals surface area contributed by atoms with E-state index in [0.717, 1.165) is 57.0 Å². The fourth-order valence-corrected chi connectivity index (χ4v) is 5.95. The van der Waals surface area contributed by atoms with Gasteiger partial charge in [-0.1, -0.05) is 64.1 Å². The first-order chi connectivity index (χ1) is 17.2. The van der Waals surface area contributed by atoms with E-state index < -0.39 is 0 Å². The van der Waals surface area contributed by atoms with Gasteiger partial charge in [-0.3, -0.25) is 9.69 Å². The Morgan fingerprint density at radius 1 is 1.00 bits per heavy atom. The van der Waals surface area contributed by atoms with Crippen LogP contribution in [-0.4, -0.2) is 31.0 Å². The summed E-state index contributed by atoms with van der Waals surface area (Å²) in [5.74, 6) is 2.48. The molecule has 0 aromatic heterocycles. The standard InChI is InChI=1S/C32H46N2O2/c1-23-8-12-26(13-9-23)31(35)33-30(25-14-16-28(17-15-25)32(2,3)4)27-7-6-20-34(22-27)21-24-10-18-29(36-5)19-11-24/h10-11,14-19,23,26-27,30H,6-9,12-13,20-22H2,1-5H3,(H,33,35). The zero-order chi connectivity index (χ0) is 25.7. The molecule has 2 fully saturated rings. The molecule has 2 atom stereocenters. The Labute approximate surface area is 218 Å². The Bertz CT molecular complexity index is 969. The van der Waals surface area contributed by atoms with Crippen molar-refractivity contribution in [1.82, 2.24) is 10.2 Å². The van der Waals surface area contributed by atoms with Crippen LogP contribution in [0.5, 0.6) is 5.75 Å². The van der Waals surface area contributed by atoms with Gasteiger partial charge in [0.25, 0.3) is 0 Å². The molecule has 1 saturated heterocycles. The highest BCUT2D eigenvalue weighted by Crippen LogP contribution is 2.34. The molecule has 4 heteroatoms. The van der Waals surface area contributed by atoms with E-state index in [1.165, 1.54) is 29.5 Å². The summed E-state index contributed by atoms with van der Waals surface area (Å²) in [6, 6.07) is 17.5. The van der Waals surface area contributed by atoms with E-state index in [-0.39, 0.29) is 23.3 Å². The van der Waals surface area contributed by atoms with Crippen molar-refractivity contribution in [1.29, 1.82) is 0 Å². The zero-order valence-electron chi connectivity index (χ0n) is 23.1. The molecule has 2 aromatic rings. The molecule has 0 radical (unpaired) electrons. The molecular weight excluding hydrogens is 444 g/mol. The summed E-state index contributed by atoms with van der Waals surface area (Å²) in [4.78, 5) is 16.0. The van der Waals surface area contributed by atoms with E-state index in [4.69, 9.17) is 4.74 Å². The summed E-state index contributed by atoms with van der Waals surface area (Å²) >= 11 is 0. The predicted octanol–water partition coefficient (Wildman–Crippen LogP) is 6.89. The molecule has 0 bridgehead atoms. The maximum Gasteiger partial charge on any atom is 0.223 e. The smallest absolute Gasteiger partial charge is 0.223 e. The van der Waals surface area contributed by atoms with Crippen LogP contribution in [0.15, 0.2) is 48.5 Å². The molecule has 1 amide bonds. The molecule has 196 valence electrons. The van der Waals surface area contributed by atoms with Crippen LogP contribution in [-0.2, 0) is 16.8 Å². The number of carbonyl (C=O) groups is 1. The van der Waals surface area contributed by atoms with Gasteiger partial charge in [-0.15, -0.1) is 0 Å². The first-order valence-electron chi connectivity index (χ1n) is 14.0. The minimum Gasteiger partial charge on any atom is -0.497 e. The van der Waals surface area contributed by atoms with Crippen molar-refractivity contribution < 1.29 is 9.53 Å². The number of carbonyl (C=O) groups excluding carboxylic acids is 1. The van der Waals surface area contributed by atoms with Crippen molar-refractivity contribution in [2.24, 2.45) is 17.8 Å². The lowest BCUT2D eigenvalue weighted by molar-refractivity contribution is -0.127. The Morgan fingerprint density at radius 3 is 2.28 bits per heavy atom. The molecule has 4 rings (SSSR count). The number of hydrogen-bond acceptors (Lipinski definition) is 3. The van der Waals surface area contributed by atoms with E-state index in [2.05, 4.69) is 74.3 Å². The van der Waals surface area contributed by atoms with E-state index in [0.29, 0.717) is 5.92 Å². The monoisotopic (exact) mass is 490 g/mol. The maximum atomic E-state index is 13.5. The van der Waals surface area contributed by atoms with Gasteiger partial charge < -0.3 is 10.1 Å². The topological polar surface area (TPSA) is 41.6 Å². The van der Waals surface area contributed by atoms with Crippen molar-refractivity contribution in [2.45, 2.75) is 84.2 Å². The van der Waals surface area contributed by atoms with Crippen LogP contribution >= 0.6 is 0 Å². The minimum atomic E-state index is 0.0598. The number of amides is 1. The normalized spacial score (nSPS) is 24.2. The fourth-order valence-electron chi connectivity index (χ4n) is 5.95. The van der Waals surface area contributed by atoms with Crippen molar-refractivity contribution in [3.05, 3.63) is 65.2 Å². The lowest BCUT2D eigenvalue weighted by Gasteiger charge is -2.38. The second-order valence-corrected chi connectivity index (χ2v) is 12.3. The maximum absolute atomic E-state index is 13.5. The van der Waals surface area contributed by atoms with Gasteiger partial charge in [0.05, 0.1) is 13.2 Å². The van der Waals surface area contributed by atoms with E-state index in [1.54, 1.807) is 7.11 Å². The third kappa shape index (κ3) is 6.91. The molecule has 2 unspecified atom stereocenters. The average Bonchev–Trinajstić information content (AvgIpc) is 2.88. The van der Waals surface area contributed by atoms with E-state index >= 15 is 0 Å². The Kier molecular flexibility index (Phi) is 8.77. The summed E-state index contributed by atoms with van der Waals surface area (Å²) in [6.45, 7) is 12.1. The molecule has 1 aliphatic carbocycles. The highest BCUT2D eigenvalue weighted by molar-refractivity contribution is 5.79. The summed E-state index contributed by atoms with van der Waals surface area (Å²) < 4.78 is 5.32. The molecular formula is C32H46N2O2. The third-order valence-corrected chi connectivity index (χ3v) is 8.40. The van der Waals surface area contributed by atoms with E-state index in [9.17, 15) is 4.79 Å². The molecule has 1 heterocycles. The molecule has 4 nitrogen and oxygen atoms in total. The van der Waals surface area contributed by atoms with Crippen molar-refractivity contribution in [3.63, 3.8) is 0 Å². The first-order valence-corrected chi connectivity index (χ1v) is 14.0. The molecule has 36 heavy (non-hydrogen) atoms. The summed E-state index contributed by atoms with van der Waals surface area (Å²) in [7, 11) is 1.71. The van der Waals surface area contributed by atoms with Gasteiger partial charge in [-0.2, -0.15) is 0 Å². The minimum absolute atomic E-state index is 0.0598. The number of piperidine rings is 1. The average molecular weight is 491 g/mol. The molecule has 2 aliphatic rings. The lowest BCUT2D eigenvalue weighted by atomic mass is 9.81. The number of benzene rings is 2. The van der Waals surface area contributed by atoms with Crippen LogP contribution in [0.3, 0.4) is 0 Å². The van der Waals surface area contributed by atoms with Gasteiger partial charge in [0.15, 0.2) is 0 Å². The van der Waals surface area contributed by atoms with Crippen molar-refractivity contribution in [3.8, 4) is 5.75 Å². The molecule has 0 spiro atoms. The van der Waals surface area contributed by atoms with E-state index in [1.807, 2.05) is 12.1 Å². The lowest BCUT2D eigenvalue weighted by Crippen LogP contribution is -2.44. The van der Waals surface area contributed by atoms with Crippen LogP contribution < -0.4 is 10.1 Å². The number of nitrogens with zero attached hydrogens (tertiary/aromatic N) is 1. The summed E-state index contributed by atoms with van der Waals surface area (Å²) in [5, 5.41) is 3.56. The van der Waals surface area contributed by atoms with Gasteiger partial charge in [-0.05, 0) is 91.1 Å². The second kappa shape index (κ2) is 11.8. The predicted molar refractivity (Wildman–Crippen MR) is 148 cm³/mol. The van der Waals surface area contributed by atoms with Crippen molar-refractivity contribution >= 4 is 5.91 Å². The van der Waals surface area contributed by atoms with Gasteiger partial charge in [0.1, 0.15) is 5.75 Å². The fraction of sp³-hybridized carbons (Fsp3) is 0.594. The van der Waals surface area contributed by atoms with Crippen LogP contribution in [0.4, 0.5) is 0 Å². The number of hydrogen-bond donors (Lipinski definition) is 1. The largest absolute Gasteiger partial charge is 0.497 e. The highest BCUT2D eigenvalue weighted by atomic mass is 16.5. The zero-order valence-corrected chi connectivity index (χ0v) is 23.1. The van der Waals surface area contributed by atoms with Gasteiger partial charge >= 0.3 is 0 Å². The van der Waals surface area contributed by atoms with Gasteiger partial charge in [0, 0.05) is 19.0 Å². The third-order valence-electron chi connectivity index (χ3n) is 8.40. The number of ether oxygens (including phenoxy) is 1. The quantitative estimate of drug-likeness (QED) is 0.459. The number of likely N-dealkylation sites (tertiary alicyclic amines) is 1. The molecule has 1 N–H and O–H groups in total.